The Labute approximate surface area is 196 Å². The van der Waals surface area contributed by atoms with Crippen molar-refractivity contribution in [2.75, 3.05) is 11.1 Å². The van der Waals surface area contributed by atoms with Crippen molar-refractivity contribution in [1.82, 2.24) is 9.55 Å². The molecule has 0 bridgehead atoms. The molecule has 0 saturated heterocycles. The SMILES string of the molecule is Cc1cccc(-n2c(SCC(=O)Nc3ccccc3)nc3c(c2=O)C2CCCCC2S3)c1. The molecule has 1 saturated carbocycles. The highest BCUT2D eigenvalue weighted by molar-refractivity contribution is 8.00. The Bertz CT molecular complexity index is 1210. The summed E-state index contributed by atoms with van der Waals surface area (Å²) in [5.74, 6) is 0.358. The first-order chi connectivity index (χ1) is 15.6. The van der Waals surface area contributed by atoms with Gasteiger partial charge in [-0.3, -0.25) is 14.2 Å². The van der Waals surface area contributed by atoms with E-state index in [9.17, 15) is 9.59 Å². The molecule has 2 heterocycles. The van der Waals surface area contributed by atoms with E-state index in [0.29, 0.717) is 16.3 Å². The second-order valence-corrected chi connectivity index (χ2v) is 10.5. The van der Waals surface area contributed by atoms with E-state index < -0.39 is 0 Å². The number of amides is 1. The molecule has 1 aliphatic heterocycles. The van der Waals surface area contributed by atoms with Crippen LogP contribution in [0.3, 0.4) is 0 Å². The minimum atomic E-state index is -0.118. The summed E-state index contributed by atoms with van der Waals surface area (Å²) in [7, 11) is 0. The lowest BCUT2D eigenvalue weighted by molar-refractivity contribution is -0.113. The van der Waals surface area contributed by atoms with E-state index in [0.717, 1.165) is 40.4 Å². The van der Waals surface area contributed by atoms with E-state index in [2.05, 4.69) is 5.32 Å². The van der Waals surface area contributed by atoms with Crippen LogP contribution in [-0.2, 0) is 4.79 Å². The zero-order chi connectivity index (χ0) is 22.1. The lowest BCUT2D eigenvalue weighted by Crippen LogP contribution is -2.29. The van der Waals surface area contributed by atoms with Crippen LogP contribution >= 0.6 is 23.5 Å². The number of benzene rings is 2. The smallest absolute Gasteiger partial charge is 0.263 e. The summed E-state index contributed by atoms with van der Waals surface area (Å²) in [6.07, 6.45) is 4.58. The van der Waals surface area contributed by atoms with Gasteiger partial charge in [-0.25, -0.2) is 4.98 Å². The van der Waals surface area contributed by atoms with Crippen molar-refractivity contribution < 1.29 is 4.79 Å². The number of hydrogen-bond acceptors (Lipinski definition) is 5. The summed E-state index contributed by atoms with van der Waals surface area (Å²) in [5.41, 5.74) is 3.54. The van der Waals surface area contributed by atoms with Gasteiger partial charge in [-0.1, -0.05) is 54.9 Å². The normalized spacial score (nSPS) is 19.3. The molecule has 5 rings (SSSR count). The van der Waals surface area contributed by atoms with Crippen LogP contribution in [0.25, 0.3) is 5.69 Å². The number of fused-ring (bicyclic) bond motifs is 3. The van der Waals surface area contributed by atoms with Crippen LogP contribution in [0.15, 0.2) is 69.6 Å². The quantitative estimate of drug-likeness (QED) is 0.312. The molecule has 1 N–H and O–H groups in total. The average molecular weight is 464 g/mol. The van der Waals surface area contributed by atoms with Crippen molar-refractivity contribution in [3.05, 3.63) is 76.1 Å². The van der Waals surface area contributed by atoms with Gasteiger partial charge in [0.2, 0.25) is 5.91 Å². The van der Waals surface area contributed by atoms with Gasteiger partial charge in [0.1, 0.15) is 5.03 Å². The molecule has 2 atom stereocenters. The molecule has 32 heavy (non-hydrogen) atoms. The highest BCUT2D eigenvalue weighted by Crippen LogP contribution is 2.50. The first kappa shape index (κ1) is 21.3. The van der Waals surface area contributed by atoms with Gasteiger partial charge in [0, 0.05) is 16.9 Å². The maximum absolute atomic E-state index is 13.8. The van der Waals surface area contributed by atoms with Gasteiger partial charge in [-0.15, -0.1) is 11.8 Å². The van der Waals surface area contributed by atoms with Crippen molar-refractivity contribution in [3.8, 4) is 5.69 Å². The Morgan fingerprint density at radius 1 is 1.16 bits per heavy atom. The summed E-state index contributed by atoms with van der Waals surface area (Å²) in [6, 6.07) is 17.3. The van der Waals surface area contributed by atoms with E-state index in [1.807, 2.05) is 61.5 Å². The number of thioether (sulfide) groups is 2. The summed E-state index contributed by atoms with van der Waals surface area (Å²) in [4.78, 5) is 31.3. The maximum atomic E-state index is 13.8. The lowest BCUT2D eigenvalue weighted by Gasteiger charge is -2.24. The number of nitrogens with one attached hydrogen (secondary N) is 1. The molecular weight excluding hydrogens is 438 g/mol. The van der Waals surface area contributed by atoms with Crippen LogP contribution in [0, 0.1) is 6.92 Å². The van der Waals surface area contributed by atoms with E-state index in [1.165, 1.54) is 24.6 Å². The summed E-state index contributed by atoms with van der Waals surface area (Å²) < 4.78 is 1.71. The van der Waals surface area contributed by atoms with Crippen molar-refractivity contribution >= 4 is 35.1 Å². The molecular formula is C25H25N3O2S2. The summed E-state index contributed by atoms with van der Waals surface area (Å²) in [6.45, 7) is 2.02. The fourth-order valence-corrected chi connectivity index (χ4v) is 6.93. The maximum Gasteiger partial charge on any atom is 0.263 e. The van der Waals surface area contributed by atoms with E-state index >= 15 is 0 Å². The standard InChI is InChI=1S/C25H25N3O2S2/c1-16-8-7-11-18(14-16)28-24(30)22-19-12-5-6-13-20(19)32-23(22)27-25(28)31-15-21(29)26-17-9-3-2-4-10-17/h2-4,7-11,14,19-20H,5-6,12-13,15H2,1H3,(H,26,29). The van der Waals surface area contributed by atoms with Crippen LogP contribution in [0.1, 0.15) is 42.7 Å². The molecule has 1 fully saturated rings. The van der Waals surface area contributed by atoms with Gasteiger partial charge in [-0.05, 0) is 49.6 Å². The number of carbonyl (C=O) groups is 1. The molecule has 1 amide bonds. The third kappa shape index (κ3) is 4.24. The Morgan fingerprint density at radius 2 is 1.97 bits per heavy atom. The van der Waals surface area contributed by atoms with Crippen molar-refractivity contribution in [3.63, 3.8) is 0 Å². The monoisotopic (exact) mass is 463 g/mol. The third-order valence-corrected chi connectivity index (χ3v) is 8.38. The molecule has 2 aromatic carbocycles. The first-order valence-electron chi connectivity index (χ1n) is 11.0. The van der Waals surface area contributed by atoms with Gasteiger partial charge in [0.05, 0.1) is 17.0 Å². The van der Waals surface area contributed by atoms with Gasteiger partial charge < -0.3 is 5.32 Å². The number of carbonyl (C=O) groups excluding carboxylic acids is 1. The minimum absolute atomic E-state index is 0.0217. The van der Waals surface area contributed by atoms with Crippen molar-refractivity contribution in [2.45, 2.75) is 54.0 Å². The lowest BCUT2D eigenvalue weighted by atomic mass is 9.85. The molecule has 7 heteroatoms. The topological polar surface area (TPSA) is 64.0 Å². The van der Waals surface area contributed by atoms with Gasteiger partial charge >= 0.3 is 0 Å². The summed E-state index contributed by atoms with van der Waals surface area (Å²) >= 11 is 3.07. The number of aromatic nitrogens is 2. The zero-order valence-electron chi connectivity index (χ0n) is 17.9. The molecule has 0 spiro atoms. The van der Waals surface area contributed by atoms with Gasteiger partial charge in [0.15, 0.2) is 5.16 Å². The second kappa shape index (κ2) is 9.16. The highest BCUT2D eigenvalue weighted by Gasteiger charge is 2.39. The average Bonchev–Trinajstić information content (AvgIpc) is 3.17. The largest absolute Gasteiger partial charge is 0.325 e. The molecule has 1 aliphatic carbocycles. The van der Waals surface area contributed by atoms with Crippen LogP contribution in [0.2, 0.25) is 0 Å². The predicted octanol–water partition coefficient (Wildman–Crippen LogP) is 5.40. The predicted molar refractivity (Wildman–Crippen MR) is 131 cm³/mol. The second-order valence-electron chi connectivity index (χ2n) is 8.34. The number of aryl methyl sites for hydroxylation is 1. The fourth-order valence-electron chi connectivity index (χ4n) is 4.55. The first-order valence-corrected chi connectivity index (χ1v) is 12.8. The molecule has 2 unspecified atom stereocenters. The number of para-hydroxylation sites is 1. The fraction of sp³-hybridized carbons (Fsp3) is 0.320. The van der Waals surface area contributed by atoms with Gasteiger partial charge in [-0.2, -0.15) is 0 Å². The van der Waals surface area contributed by atoms with Crippen LogP contribution in [-0.4, -0.2) is 26.5 Å². The molecule has 1 aromatic heterocycles. The number of hydrogen-bond donors (Lipinski definition) is 1. The zero-order valence-corrected chi connectivity index (χ0v) is 19.5. The Balaban J connectivity index is 1.49. The highest BCUT2D eigenvalue weighted by atomic mass is 32.2. The van der Waals surface area contributed by atoms with Crippen molar-refractivity contribution in [1.29, 1.82) is 0 Å². The third-order valence-electron chi connectivity index (χ3n) is 6.04. The number of rotatable bonds is 5. The van der Waals surface area contributed by atoms with E-state index in [1.54, 1.807) is 16.3 Å². The Kier molecular flexibility index (Phi) is 6.11. The molecule has 2 aliphatic rings. The molecule has 164 valence electrons. The van der Waals surface area contributed by atoms with E-state index in [4.69, 9.17) is 4.98 Å². The minimum Gasteiger partial charge on any atom is -0.325 e. The molecule has 3 aromatic rings. The molecule has 5 nitrogen and oxygen atoms in total. The van der Waals surface area contributed by atoms with Crippen LogP contribution in [0.4, 0.5) is 5.69 Å². The van der Waals surface area contributed by atoms with Gasteiger partial charge in [0.25, 0.3) is 5.56 Å². The Morgan fingerprint density at radius 3 is 2.78 bits per heavy atom. The molecule has 0 radical (unpaired) electrons. The van der Waals surface area contributed by atoms with Crippen molar-refractivity contribution in [2.24, 2.45) is 0 Å². The Hall–Kier alpha value is -2.51. The van der Waals surface area contributed by atoms with Crippen LogP contribution < -0.4 is 10.9 Å². The summed E-state index contributed by atoms with van der Waals surface area (Å²) in [5, 5.41) is 4.80. The van der Waals surface area contributed by atoms with E-state index in [-0.39, 0.29) is 17.2 Å². The van der Waals surface area contributed by atoms with Crippen LogP contribution in [0.5, 0.6) is 0 Å². The number of anilines is 1. The number of nitrogens with zero attached hydrogens (tertiary/aromatic N) is 2.